The topological polar surface area (TPSA) is 70.1 Å². The van der Waals surface area contributed by atoms with Crippen LogP contribution in [0, 0.1) is 0 Å². The highest BCUT2D eigenvalue weighted by molar-refractivity contribution is 5.37. The molecule has 5 nitrogen and oxygen atoms in total. The van der Waals surface area contributed by atoms with Gasteiger partial charge in [0.25, 0.3) is 5.56 Å². The molecule has 2 N–H and O–H groups in total. The average molecular weight is 231 g/mol. The smallest absolute Gasteiger partial charge is 0.277 e. The fourth-order valence-corrected chi connectivity index (χ4v) is 1.49. The summed E-state index contributed by atoms with van der Waals surface area (Å²) in [6.07, 6.45) is 3.17. The van der Waals surface area contributed by atoms with E-state index in [1.54, 1.807) is 17.9 Å². The molecule has 0 radical (unpaired) electrons. The van der Waals surface area contributed by atoms with Gasteiger partial charge in [-0.15, -0.1) is 0 Å². The molecule has 0 unspecified atom stereocenters. The third-order valence-electron chi connectivity index (χ3n) is 2.46. The van der Waals surface area contributed by atoms with Gasteiger partial charge in [-0.1, -0.05) is 0 Å². The largest absolute Gasteiger partial charge is 0.497 e. The van der Waals surface area contributed by atoms with Crippen LogP contribution in [0.4, 0.5) is 0 Å². The molecule has 0 aliphatic carbocycles. The van der Waals surface area contributed by atoms with Gasteiger partial charge in [-0.3, -0.25) is 4.79 Å². The molecule has 1 aromatic carbocycles. The second-order valence-corrected chi connectivity index (χ2v) is 3.51. The average Bonchev–Trinajstić information content (AvgIpc) is 2.39. The third kappa shape index (κ3) is 2.34. The Morgan fingerprint density at radius 3 is 2.65 bits per heavy atom. The number of benzene rings is 1. The summed E-state index contributed by atoms with van der Waals surface area (Å²) >= 11 is 0. The lowest BCUT2D eigenvalue weighted by Crippen LogP contribution is -2.18. The van der Waals surface area contributed by atoms with Crippen molar-refractivity contribution in [1.82, 2.24) is 9.55 Å². The number of methoxy groups -OCH3 is 1. The maximum Gasteiger partial charge on any atom is 0.277 e. The minimum absolute atomic E-state index is 0.183. The Balaban J connectivity index is 2.42. The molecular weight excluding hydrogens is 218 g/mol. The molecule has 0 saturated carbocycles. The number of nitrogens with zero attached hydrogens (tertiary/aromatic N) is 2. The molecule has 0 aliphatic heterocycles. The molecule has 1 aromatic heterocycles. The number of ether oxygens (including phenoxy) is 1. The van der Waals surface area contributed by atoms with Crippen molar-refractivity contribution in [2.24, 2.45) is 5.73 Å². The maximum atomic E-state index is 11.3. The van der Waals surface area contributed by atoms with Crippen LogP contribution in [-0.2, 0) is 6.54 Å². The number of nitrogens with two attached hydrogens (primary N) is 1. The summed E-state index contributed by atoms with van der Waals surface area (Å²) in [5, 5.41) is 0. The molecule has 5 heteroatoms. The fourth-order valence-electron chi connectivity index (χ4n) is 1.49. The molecule has 0 aliphatic rings. The minimum atomic E-state index is -0.280. The van der Waals surface area contributed by atoms with E-state index in [1.165, 1.54) is 6.33 Å². The zero-order valence-electron chi connectivity index (χ0n) is 9.46. The van der Waals surface area contributed by atoms with Crippen molar-refractivity contribution in [1.29, 1.82) is 0 Å². The predicted molar refractivity (Wildman–Crippen MR) is 64.3 cm³/mol. The van der Waals surface area contributed by atoms with Crippen molar-refractivity contribution in [3.63, 3.8) is 0 Å². The predicted octanol–water partition coefficient (Wildman–Crippen LogP) is 0.700. The Morgan fingerprint density at radius 1 is 1.35 bits per heavy atom. The van der Waals surface area contributed by atoms with Crippen LogP contribution in [0.3, 0.4) is 0 Å². The van der Waals surface area contributed by atoms with E-state index in [0.29, 0.717) is 5.56 Å². The summed E-state index contributed by atoms with van der Waals surface area (Å²) in [5.74, 6) is 0.779. The van der Waals surface area contributed by atoms with Crippen LogP contribution < -0.4 is 16.0 Å². The zero-order valence-corrected chi connectivity index (χ0v) is 9.46. The van der Waals surface area contributed by atoms with Gasteiger partial charge in [-0.25, -0.2) is 0 Å². The molecule has 88 valence electrons. The maximum absolute atomic E-state index is 11.3. The molecule has 0 amide bonds. The van der Waals surface area contributed by atoms with Crippen LogP contribution in [0.5, 0.6) is 5.75 Å². The van der Waals surface area contributed by atoms with Gasteiger partial charge < -0.3 is 15.0 Å². The Bertz CT molecular complexity index is 561. The highest BCUT2D eigenvalue weighted by atomic mass is 16.5. The van der Waals surface area contributed by atoms with Crippen LogP contribution in [0.25, 0.3) is 5.69 Å². The third-order valence-corrected chi connectivity index (χ3v) is 2.46. The molecule has 0 fully saturated rings. The summed E-state index contributed by atoms with van der Waals surface area (Å²) < 4.78 is 6.83. The van der Waals surface area contributed by atoms with Gasteiger partial charge in [0, 0.05) is 24.0 Å². The van der Waals surface area contributed by atoms with Crippen molar-refractivity contribution in [3.8, 4) is 11.4 Å². The van der Waals surface area contributed by atoms with Gasteiger partial charge in [-0.2, -0.15) is 4.98 Å². The molecule has 2 aromatic rings. The standard InChI is InChI=1S/C12H13N3O2/c1-17-11-4-2-10(3-5-11)15-7-9(6-13)12(16)14-8-15/h2-5,7-8H,6,13H2,1H3. The number of aromatic nitrogens is 2. The first kappa shape index (κ1) is 11.3. The van der Waals surface area contributed by atoms with Crippen LogP contribution in [-0.4, -0.2) is 16.7 Å². The van der Waals surface area contributed by atoms with E-state index in [-0.39, 0.29) is 12.1 Å². The Kier molecular flexibility index (Phi) is 3.20. The molecule has 1 heterocycles. The van der Waals surface area contributed by atoms with Gasteiger partial charge in [0.05, 0.1) is 7.11 Å². The van der Waals surface area contributed by atoms with Crippen molar-refractivity contribution < 1.29 is 4.74 Å². The van der Waals surface area contributed by atoms with E-state index >= 15 is 0 Å². The summed E-state index contributed by atoms with van der Waals surface area (Å²) in [7, 11) is 1.61. The first-order valence-electron chi connectivity index (χ1n) is 5.16. The van der Waals surface area contributed by atoms with E-state index in [4.69, 9.17) is 10.5 Å². The Morgan fingerprint density at radius 2 is 2.06 bits per heavy atom. The molecule has 17 heavy (non-hydrogen) atoms. The normalized spacial score (nSPS) is 10.2. The van der Waals surface area contributed by atoms with E-state index in [2.05, 4.69) is 4.98 Å². The fraction of sp³-hybridized carbons (Fsp3) is 0.167. The Hall–Kier alpha value is -2.14. The zero-order chi connectivity index (χ0) is 12.3. The molecule has 0 bridgehead atoms. The van der Waals surface area contributed by atoms with Crippen LogP contribution >= 0.6 is 0 Å². The Labute approximate surface area is 98.5 Å². The van der Waals surface area contributed by atoms with Gasteiger partial charge >= 0.3 is 0 Å². The van der Waals surface area contributed by atoms with Crippen molar-refractivity contribution >= 4 is 0 Å². The monoisotopic (exact) mass is 231 g/mol. The van der Waals surface area contributed by atoms with Crippen molar-refractivity contribution in [3.05, 3.63) is 52.7 Å². The first-order valence-corrected chi connectivity index (χ1v) is 5.16. The number of hydrogen-bond donors (Lipinski definition) is 1. The van der Waals surface area contributed by atoms with Gasteiger partial charge in [0.15, 0.2) is 0 Å². The van der Waals surface area contributed by atoms with Crippen LogP contribution in [0.2, 0.25) is 0 Å². The molecule has 0 spiro atoms. The van der Waals surface area contributed by atoms with Gasteiger partial charge in [0.1, 0.15) is 12.1 Å². The van der Waals surface area contributed by atoms with E-state index < -0.39 is 0 Å². The highest BCUT2D eigenvalue weighted by Crippen LogP contribution is 2.14. The van der Waals surface area contributed by atoms with E-state index in [9.17, 15) is 4.79 Å². The summed E-state index contributed by atoms with van der Waals surface area (Å²) in [6, 6.07) is 7.45. The second-order valence-electron chi connectivity index (χ2n) is 3.51. The van der Waals surface area contributed by atoms with Gasteiger partial charge in [-0.05, 0) is 24.3 Å². The molecule has 0 atom stereocenters. The number of hydrogen-bond acceptors (Lipinski definition) is 4. The molecular formula is C12H13N3O2. The highest BCUT2D eigenvalue weighted by Gasteiger charge is 2.01. The number of rotatable bonds is 3. The van der Waals surface area contributed by atoms with E-state index in [0.717, 1.165) is 11.4 Å². The van der Waals surface area contributed by atoms with Gasteiger partial charge in [0.2, 0.25) is 0 Å². The minimum Gasteiger partial charge on any atom is -0.497 e. The van der Waals surface area contributed by atoms with Crippen molar-refractivity contribution in [2.75, 3.05) is 7.11 Å². The van der Waals surface area contributed by atoms with E-state index in [1.807, 2.05) is 24.3 Å². The summed E-state index contributed by atoms with van der Waals surface area (Å²) in [6.45, 7) is 0.183. The lowest BCUT2D eigenvalue weighted by Gasteiger charge is -2.07. The van der Waals surface area contributed by atoms with Crippen molar-refractivity contribution in [2.45, 2.75) is 6.54 Å². The lowest BCUT2D eigenvalue weighted by atomic mass is 10.3. The van der Waals surface area contributed by atoms with Crippen LogP contribution in [0.1, 0.15) is 5.56 Å². The lowest BCUT2D eigenvalue weighted by molar-refractivity contribution is 0.414. The quantitative estimate of drug-likeness (QED) is 0.844. The van der Waals surface area contributed by atoms with Crippen LogP contribution in [0.15, 0.2) is 41.6 Å². The summed E-state index contributed by atoms with van der Waals surface area (Å²) in [4.78, 5) is 15.1. The summed E-state index contributed by atoms with van der Waals surface area (Å²) in [5.41, 5.74) is 6.58. The second kappa shape index (κ2) is 4.80. The first-order chi connectivity index (χ1) is 8.24. The molecule has 0 saturated heterocycles. The molecule has 2 rings (SSSR count). The SMILES string of the molecule is COc1ccc(-n2cnc(=O)c(CN)c2)cc1.